The van der Waals surface area contributed by atoms with Gasteiger partial charge in [0.1, 0.15) is 0 Å². The van der Waals surface area contributed by atoms with Crippen molar-refractivity contribution in [1.82, 2.24) is 15.1 Å². The number of methoxy groups -OCH3 is 1. The first-order valence-corrected chi connectivity index (χ1v) is 7.14. The number of nitrogens with zero attached hydrogens (tertiary/aromatic N) is 3. The van der Waals surface area contributed by atoms with Crippen molar-refractivity contribution in [3.63, 3.8) is 0 Å². The van der Waals surface area contributed by atoms with Gasteiger partial charge in [-0.15, -0.1) is 0 Å². The van der Waals surface area contributed by atoms with Crippen LogP contribution in [-0.4, -0.2) is 75.5 Å². The van der Waals surface area contributed by atoms with Crippen LogP contribution in [0.2, 0.25) is 0 Å². The zero-order chi connectivity index (χ0) is 16.0. The van der Waals surface area contributed by atoms with Crippen molar-refractivity contribution in [3.05, 3.63) is 0 Å². The minimum absolute atomic E-state index is 0.0696. The lowest BCUT2D eigenvalue weighted by Crippen LogP contribution is -2.42. The summed E-state index contributed by atoms with van der Waals surface area (Å²) in [6.07, 6.45) is 0.413. The lowest BCUT2D eigenvalue weighted by atomic mass is 9.99. The average molecular weight is 298 g/mol. The van der Waals surface area contributed by atoms with Crippen LogP contribution in [0.25, 0.3) is 0 Å². The smallest absolute Gasteiger partial charge is 0.310 e. The first kappa shape index (κ1) is 17.3. The Morgan fingerprint density at radius 1 is 1.38 bits per heavy atom. The molecule has 1 rings (SSSR count). The van der Waals surface area contributed by atoms with Crippen molar-refractivity contribution in [3.8, 4) is 0 Å². The number of rotatable bonds is 4. The van der Waals surface area contributed by atoms with E-state index in [0.29, 0.717) is 19.5 Å². The number of ether oxygens (including phenoxy) is 1. The molecule has 7 nitrogen and oxygen atoms in total. The van der Waals surface area contributed by atoms with Crippen LogP contribution in [0.1, 0.15) is 13.3 Å². The number of esters is 1. The van der Waals surface area contributed by atoms with Crippen LogP contribution in [0.5, 0.6) is 0 Å². The lowest BCUT2D eigenvalue weighted by molar-refractivity contribution is -0.146. The van der Waals surface area contributed by atoms with Gasteiger partial charge in [0, 0.05) is 47.2 Å². The molecule has 2 atom stereocenters. The van der Waals surface area contributed by atoms with Crippen molar-refractivity contribution in [2.24, 2.45) is 16.8 Å². The zero-order valence-corrected chi connectivity index (χ0v) is 13.5. The maximum absolute atomic E-state index is 11.7. The number of hydrogen-bond acceptors (Lipinski definition) is 4. The molecule has 0 radical (unpaired) electrons. The summed E-state index contributed by atoms with van der Waals surface area (Å²) in [7, 11) is 6.59. The van der Waals surface area contributed by atoms with E-state index >= 15 is 0 Å². The predicted octanol–water partition coefficient (Wildman–Crippen LogP) is -0.219. The van der Waals surface area contributed by atoms with Gasteiger partial charge in [0.05, 0.1) is 13.0 Å². The Bertz CT molecular complexity index is 409. The Kier molecular flexibility index (Phi) is 6.45. The highest BCUT2D eigenvalue weighted by atomic mass is 16.5. The maximum atomic E-state index is 11.7. The SMILES string of the molecule is CN=C(NCCC(=O)N(C)C)N1CC(C)C(C(=O)OC)C1. The molecule has 0 aromatic carbocycles. The molecule has 2 unspecified atom stereocenters. The molecule has 1 amide bonds. The summed E-state index contributed by atoms with van der Waals surface area (Å²) in [5.41, 5.74) is 0. The molecule has 7 heteroatoms. The number of hydrogen-bond donors (Lipinski definition) is 1. The highest BCUT2D eigenvalue weighted by Crippen LogP contribution is 2.23. The molecule has 0 spiro atoms. The Hall–Kier alpha value is -1.79. The van der Waals surface area contributed by atoms with E-state index in [1.165, 1.54) is 7.11 Å². The van der Waals surface area contributed by atoms with Crippen LogP contribution < -0.4 is 5.32 Å². The minimum atomic E-state index is -0.178. The standard InChI is InChI=1S/C14H26N4O3/c1-10-8-18(9-11(10)13(20)21-5)14(15-2)16-7-6-12(19)17(3)4/h10-11H,6-9H2,1-5H3,(H,15,16). The molecule has 120 valence electrons. The normalized spacial score (nSPS) is 22.1. The molecule has 1 fully saturated rings. The quantitative estimate of drug-likeness (QED) is 0.441. The second-order valence-corrected chi connectivity index (χ2v) is 5.52. The highest BCUT2D eigenvalue weighted by Gasteiger charge is 2.36. The Labute approximate surface area is 126 Å². The van der Waals surface area contributed by atoms with Gasteiger partial charge in [-0.3, -0.25) is 14.6 Å². The number of nitrogens with one attached hydrogen (secondary N) is 1. The molecular weight excluding hydrogens is 272 g/mol. The summed E-state index contributed by atoms with van der Waals surface area (Å²) in [6.45, 7) is 3.90. The van der Waals surface area contributed by atoms with Crippen LogP contribution >= 0.6 is 0 Å². The van der Waals surface area contributed by atoms with E-state index in [2.05, 4.69) is 10.3 Å². The first-order chi connectivity index (χ1) is 9.90. The van der Waals surface area contributed by atoms with Gasteiger partial charge >= 0.3 is 5.97 Å². The molecule has 1 N–H and O–H groups in total. The summed E-state index contributed by atoms with van der Waals surface area (Å²) < 4.78 is 4.83. The van der Waals surface area contributed by atoms with Gasteiger partial charge in [0.15, 0.2) is 5.96 Å². The molecular formula is C14H26N4O3. The molecule has 0 aliphatic carbocycles. The first-order valence-electron chi connectivity index (χ1n) is 7.14. The average Bonchev–Trinajstić information content (AvgIpc) is 2.84. The molecule has 1 heterocycles. The van der Waals surface area contributed by atoms with Crippen molar-refractivity contribution < 1.29 is 14.3 Å². The molecule has 0 saturated carbocycles. The van der Waals surface area contributed by atoms with Crippen LogP contribution in [-0.2, 0) is 14.3 Å². The Balaban J connectivity index is 2.51. The third kappa shape index (κ3) is 4.61. The second-order valence-electron chi connectivity index (χ2n) is 5.52. The fourth-order valence-electron chi connectivity index (χ4n) is 2.44. The van der Waals surface area contributed by atoms with Crippen molar-refractivity contribution >= 4 is 17.8 Å². The van der Waals surface area contributed by atoms with Gasteiger partial charge in [-0.25, -0.2) is 0 Å². The summed E-state index contributed by atoms with van der Waals surface area (Å²) >= 11 is 0. The van der Waals surface area contributed by atoms with Crippen LogP contribution in [0, 0.1) is 11.8 Å². The molecule has 1 saturated heterocycles. The number of carbonyl (C=O) groups excluding carboxylic acids is 2. The van der Waals surface area contributed by atoms with Gasteiger partial charge in [-0.1, -0.05) is 6.92 Å². The number of amides is 1. The molecule has 1 aliphatic rings. The predicted molar refractivity (Wildman–Crippen MR) is 80.9 cm³/mol. The van der Waals surface area contributed by atoms with E-state index in [1.807, 2.05) is 11.8 Å². The van der Waals surface area contributed by atoms with E-state index in [-0.39, 0.29) is 23.7 Å². The summed E-state index contributed by atoms with van der Waals surface area (Å²) in [5.74, 6) is 0.708. The van der Waals surface area contributed by atoms with Crippen LogP contribution in [0.3, 0.4) is 0 Å². The van der Waals surface area contributed by atoms with Gasteiger partial charge < -0.3 is 19.9 Å². The van der Waals surface area contributed by atoms with E-state index in [9.17, 15) is 9.59 Å². The van der Waals surface area contributed by atoms with E-state index in [0.717, 1.165) is 12.5 Å². The van der Waals surface area contributed by atoms with E-state index in [4.69, 9.17) is 4.74 Å². The zero-order valence-electron chi connectivity index (χ0n) is 13.5. The summed E-state index contributed by atoms with van der Waals surface area (Å²) in [4.78, 5) is 31.1. The second kappa shape index (κ2) is 7.85. The molecule has 0 aromatic heterocycles. The monoisotopic (exact) mass is 298 g/mol. The van der Waals surface area contributed by atoms with Crippen molar-refractivity contribution in [1.29, 1.82) is 0 Å². The molecule has 1 aliphatic heterocycles. The van der Waals surface area contributed by atoms with Gasteiger partial charge in [-0.2, -0.15) is 0 Å². The topological polar surface area (TPSA) is 74.2 Å². The number of aliphatic imine (C=N–C) groups is 1. The Morgan fingerprint density at radius 3 is 2.57 bits per heavy atom. The van der Waals surface area contributed by atoms with Crippen molar-refractivity contribution in [2.45, 2.75) is 13.3 Å². The van der Waals surface area contributed by atoms with Gasteiger partial charge in [-0.05, 0) is 5.92 Å². The van der Waals surface area contributed by atoms with Crippen LogP contribution in [0.15, 0.2) is 4.99 Å². The maximum Gasteiger partial charge on any atom is 0.310 e. The third-order valence-electron chi connectivity index (χ3n) is 3.75. The van der Waals surface area contributed by atoms with E-state index in [1.54, 1.807) is 26.0 Å². The molecule has 0 bridgehead atoms. The van der Waals surface area contributed by atoms with Crippen LogP contribution in [0.4, 0.5) is 0 Å². The summed E-state index contributed by atoms with van der Waals surface area (Å²) in [5, 5.41) is 3.17. The summed E-state index contributed by atoms with van der Waals surface area (Å²) in [6, 6.07) is 0. The van der Waals surface area contributed by atoms with Gasteiger partial charge in [0.2, 0.25) is 5.91 Å². The minimum Gasteiger partial charge on any atom is -0.469 e. The number of guanidine groups is 1. The van der Waals surface area contributed by atoms with Crippen molar-refractivity contribution in [2.75, 3.05) is 47.9 Å². The fourth-order valence-corrected chi connectivity index (χ4v) is 2.44. The van der Waals surface area contributed by atoms with Gasteiger partial charge in [0.25, 0.3) is 0 Å². The number of carbonyl (C=O) groups is 2. The number of likely N-dealkylation sites (tertiary alicyclic amines) is 1. The van der Waals surface area contributed by atoms with E-state index < -0.39 is 0 Å². The molecule has 21 heavy (non-hydrogen) atoms. The Morgan fingerprint density at radius 2 is 2.05 bits per heavy atom. The highest BCUT2D eigenvalue weighted by molar-refractivity contribution is 5.83. The molecule has 0 aromatic rings. The lowest BCUT2D eigenvalue weighted by Gasteiger charge is -2.21. The third-order valence-corrected chi connectivity index (χ3v) is 3.75. The fraction of sp³-hybridized carbons (Fsp3) is 0.786. The largest absolute Gasteiger partial charge is 0.469 e.